The van der Waals surface area contributed by atoms with E-state index in [4.69, 9.17) is 10.00 Å². The number of ether oxygens (including phenoxy) is 1. The van der Waals surface area contributed by atoms with Crippen molar-refractivity contribution in [3.8, 4) is 6.07 Å². The summed E-state index contributed by atoms with van der Waals surface area (Å²) < 4.78 is 5.12. The lowest BCUT2D eigenvalue weighted by Gasteiger charge is -2.24. The van der Waals surface area contributed by atoms with Gasteiger partial charge in [-0.15, -0.1) is 6.58 Å². The van der Waals surface area contributed by atoms with Gasteiger partial charge in [0.05, 0.1) is 18.0 Å². The largest absolute Gasteiger partial charge is 0.444 e. The molecule has 0 heterocycles. The number of amides is 1. The highest BCUT2D eigenvalue weighted by atomic mass is 16.6. The van der Waals surface area contributed by atoms with E-state index in [9.17, 15) is 4.79 Å². The summed E-state index contributed by atoms with van der Waals surface area (Å²) in [6.45, 7) is 10.7. The Balaban J connectivity index is 4.36. The van der Waals surface area contributed by atoms with Gasteiger partial charge in [-0.05, 0) is 34.1 Å². The van der Waals surface area contributed by atoms with Crippen LogP contribution in [0.5, 0.6) is 0 Å². The van der Waals surface area contributed by atoms with Crippen molar-refractivity contribution in [3.05, 3.63) is 12.7 Å². The van der Waals surface area contributed by atoms with Crippen molar-refractivity contribution >= 4 is 6.09 Å². The first kappa shape index (κ1) is 14.5. The van der Waals surface area contributed by atoms with Crippen LogP contribution in [-0.2, 0) is 4.74 Å². The molecule has 1 N–H and O–H groups in total. The van der Waals surface area contributed by atoms with Gasteiger partial charge < -0.3 is 10.1 Å². The van der Waals surface area contributed by atoms with E-state index >= 15 is 0 Å². The number of nitrogens with zero attached hydrogens (tertiary/aromatic N) is 1. The van der Waals surface area contributed by atoms with Crippen molar-refractivity contribution in [3.63, 3.8) is 0 Å². The summed E-state index contributed by atoms with van der Waals surface area (Å²) in [7, 11) is 0. The molecule has 0 aromatic carbocycles. The molecule has 0 rings (SSSR count). The Morgan fingerprint density at radius 2 is 2.19 bits per heavy atom. The van der Waals surface area contributed by atoms with Crippen LogP contribution in [-0.4, -0.2) is 17.7 Å². The zero-order chi connectivity index (χ0) is 12.8. The molecule has 0 aliphatic rings. The van der Waals surface area contributed by atoms with Crippen molar-refractivity contribution < 1.29 is 9.53 Å². The van der Waals surface area contributed by atoms with E-state index in [0.717, 1.165) is 0 Å². The number of carbonyl (C=O) groups excluding carboxylic acids is 1. The molecule has 4 heteroatoms. The van der Waals surface area contributed by atoms with Gasteiger partial charge in [-0.3, -0.25) is 0 Å². The molecular weight excluding hydrogens is 204 g/mol. The van der Waals surface area contributed by atoms with Crippen LogP contribution in [0.25, 0.3) is 0 Å². The molecule has 0 aliphatic heterocycles. The number of nitriles is 1. The van der Waals surface area contributed by atoms with Crippen LogP contribution in [0.1, 0.15) is 34.1 Å². The highest BCUT2D eigenvalue weighted by molar-refractivity contribution is 5.68. The zero-order valence-corrected chi connectivity index (χ0v) is 10.4. The maximum atomic E-state index is 11.5. The Hall–Kier alpha value is -1.50. The number of rotatable bonds is 4. The van der Waals surface area contributed by atoms with E-state index in [1.165, 1.54) is 0 Å². The van der Waals surface area contributed by atoms with Crippen LogP contribution in [0, 0.1) is 17.2 Å². The maximum Gasteiger partial charge on any atom is 0.407 e. The summed E-state index contributed by atoms with van der Waals surface area (Å²) in [5.74, 6) is -0.273. The minimum atomic E-state index is -0.529. The van der Waals surface area contributed by atoms with E-state index in [2.05, 4.69) is 18.0 Å². The van der Waals surface area contributed by atoms with Crippen molar-refractivity contribution in [1.29, 1.82) is 5.26 Å². The smallest absolute Gasteiger partial charge is 0.407 e. The average molecular weight is 224 g/mol. The van der Waals surface area contributed by atoms with Gasteiger partial charge in [0.25, 0.3) is 0 Å². The zero-order valence-electron chi connectivity index (χ0n) is 10.4. The third-order valence-corrected chi connectivity index (χ3v) is 1.93. The molecule has 16 heavy (non-hydrogen) atoms. The van der Waals surface area contributed by atoms with Crippen molar-refractivity contribution in [2.45, 2.75) is 45.8 Å². The number of nitrogens with one attached hydrogen (secondary N) is 1. The third kappa shape index (κ3) is 6.07. The van der Waals surface area contributed by atoms with E-state index in [0.29, 0.717) is 6.42 Å². The second-order valence-corrected chi connectivity index (χ2v) is 4.69. The van der Waals surface area contributed by atoms with Crippen LogP contribution < -0.4 is 5.32 Å². The van der Waals surface area contributed by atoms with Gasteiger partial charge in [-0.1, -0.05) is 6.08 Å². The number of alkyl carbamates (subject to hydrolysis) is 1. The monoisotopic (exact) mass is 224 g/mol. The molecule has 90 valence electrons. The van der Waals surface area contributed by atoms with Crippen LogP contribution in [0.15, 0.2) is 12.7 Å². The van der Waals surface area contributed by atoms with Gasteiger partial charge in [-0.25, -0.2) is 4.79 Å². The summed E-state index contributed by atoms with van der Waals surface area (Å²) >= 11 is 0. The first-order valence-electron chi connectivity index (χ1n) is 5.30. The summed E-state index contributed by atoms with van der Waals surface area (Å²) in [5.41, 5.74) is -0.529. The number of carbonyl (C=O) groups is 1. The van der Waals surface area contributed by atoms with E-state index in [-0.39, 0.29) is 12.0 Å². The lowest BCUT2D eigenvalue weighted by molar-refractivity contribution is 0.0496. The highest BCUT2D eigenvalue weighted by Gasteiger charge is 2.22. The lowest BCUT2D eigenvalue weighted by Crippen LogP contribution is -2.41. The summed E-state index contributed by atoms with van der Waals surface area (Å²) in [5, 5.41) is 11.5. The fourth-order valence-corrected chi connectivity index (χ4v) is 1.12. The Bertz CT molecular complexity index is 286. The van der Waals surface area contributed by atoms with Gasteiger partial charge in [0, 0.05) is 0 Å². The Morgan fingerprint density at radius 3 is 2.56 bits per heavy atom. The molecule has 2 unspecified atom stereocenters. The van der Waals surface area contributed by atoms with Crippen molar-refractivity contribution in [2.24, 2.45) is 5.92 Å². The van der Waals surface area contributed by atoms with Gasteiger partial charge in [-0.2, -0.15) is 5.26 Å². The normalized spacial score (nSPS) is 14.4. The predicted octanol–water partition coefficient (Wildman–Crippen LogP) is 2.62. The minimum absolute atomic E-state index is 0.252. The van der Waals surface area contributed by atoms with Gasteiger partial charge in [0.15, 0.2) is 0 Å². The molecular formula is C12H20N2O2. The number of hydrogen-bond donors (Lipinski definition) is 1. The number of hydrogen-bond acceptors (Lipinski definition) is 3. The third-order valence-electron chi connectivity index (χ3n) is 1.93. The average Bonchev–Trinajstić information content (AvgIpc) is 2.13. The highest BCUT2D eigenvalue weighted by Crippen LogP contribution is 2.10. The molecule has 0 spiro atoms. The van der Waals surface area contributed by atoms with Crippen molar-refractivity contribution in [2.75, 3.05) is 0 Å². The fraction of sp³-hybridized carbons (Fsp3) is 0.667. The molecule has 0 saturated carbocycles. The van der Waals surface area contributed by atoms with E-state index < -0.39 is 11.7 Å². The predicted molar refractivity (Wildman–Crippen MR) is 62.7 cm³/mol. The summed E-state index contributed by atoms with van der Waals surface area (Å²) in [6, 6.07) is 1.85. The van der Waals surface area contributed by atoms with Crippen molar-refractivity contribution in [1.82, 2.24) is 5.32 Å². The topological polar surface area (TPSA) is 62.1 Å². The fourth-order valence-electron chi connectivity index (χ4n) is 1.12. The Kier molecular flexibility index (Phi) is 5.59. The second-order valence-electron chi connectivity index (χ2n) is 4.69. The summed E-state index contributed by atoms with van der Waals surface area (Å²) in [6.07, 6.45) is 1.73. The van der Waals surface area contributed by atoms with E-state index in [1.807, 2.05) is 0 Å². The maximum absolute atomic E-state index is 11.5. The quantitative estimate of drug-likeness (QED) is 0.746. The molecule has 1 amide bonds. The van der Waals surface area contributed by atoms with Crippen LogP contribution >= 0.6 is 0 Å². The molecule has 0 fully saturated rings. The van der Waals surface area contributed by atoms with Crippen LogP contribution in [0.4, 0.5) is 4.79 Å². The SMILES string of the molecule is C=CCC(NC(=O)OC(C)(C)C)C(C)C#N. The second kappa shape index (κ2) is 6.16. The molecule has 0 aliphatic carbocycles. The first-order valence-corrected chi connectivity index (χ1v) is 5.30. The summed E-state index contributed by atoms with van der Waals surface area (Å²) in [4.78, 5) is 11.5. The van der Waals surface area contributed by atoms with Crippen LogP contribution in [0.2, 0.25) is 0 Å². The van der Waals surface area contributed by atoms with Crippen LogP contribution in [0.3, 0.4) is 0 Å². The van der Waals surface area contributed by atoms with Gasteiger partial charge in [0.2, 0.25) is 0 Å². The molecule has 0 bridgehead atoms. The Morgan fingerprint density at radius 1 is 1.62 bits per heavy atom. The van der Waals surface area contributed by atoms with E-state index in [1.54, 1.807) is 33.8 Å². The molecule has 0 aromatic heterocycles. The van der Waals surface area contributed by atoms with Gasteiger partial charge in [0.1, 0.15) is 5.60 Å². The minimum Gasteiger partial charge on any atom is -0.444 e. The first-order chi connectivity index (χ1) is 7.30. The van der Waals surface area contributed by atoms with Gasteiger partial charge >= 0.3 is 6.09 Å². The lowest BCUT2D eigenvalue weighted by atomic mass is 10.0. The molecule has 4 nitrogen and oxygen atoms in total. The molecule has 2 atom stereocenters. The standard InChI is InChI=1S/C12H20N2O2/c1-6-7-10(9(2)8-13)14-11(15)16-12(3,4)5/h6,9-10H,1,7H2,2-5H3,(H,14,15). The Labute approximate surface area is 97.3 Å². The molecule has 0 saturated heterocycles. The molecule has 0 radical (unpaired) electrons. The molecule has 0 aromatic rings.